The normalized spacial score (nSPS) is 13.0. The maximum Gasteiger partial charge on any atom is 0.151 e. The van der Waals surface area contributed by atoms with Crippen LogP contribution in [0.3, 0.4) is 0 Å². The Morgan fingerprint density at radius 2 is 2.08 bits per heavy atom. The summed E-state index contributed by atoms with van der Waals surface area (Å²) < 4.78 is 7.53. The van der Waals surface area contributed by atoms with Crippen molar-refractivity contribution < 1.29 is 4.52 Å². The molecule has 140 valence electrons. The van der Waals surface area contributed by atoms with Crippen LogP contribution < -0.4 is 5.32 Å². The first-order chi connectivity index (χ1) is 11.8. The molecule has 3 aromatic heterocycles. The van der Waals surface area contributed by atoms with E-state index in [2.05, 4.69) is 43.3 Å². The first-order valence-electron chi connectivity index (χ1n) is 8.10. The van der Waals surface area contributed by atoms with Crippen molar-refractivity contribution in [1.82, 2.24) is 30.1 Å². The van der Waals surface area contributed by atoms with E-state index in [1.54, 1.807) is 6.20 Å². The van der Waals surface area contributed by atoms with Gasteiger partial charge in [-0.2, -0.15) is 5.10 Å². The molecule has 4 rings (SSSR count). The maximum absolute atomic E-state index is 5.44. The summed E-state index contributed by atoms with van der Waals surface area (Å²) in [4.78, 5) is 6.46. The quantitative estimate of drug-likeness (QED) is 0.714. The number of rotatable bonds is 5. The first kappa shape index (κ1) is 20.4. The summed E-state index contributed by atoms with van der Waals surface area (Å²) >= 11 is 0. The van der Waals surface area contributed by atoms with E-state index in [0.717, 1.165) is 49.0 Å². The Morgan fingerprint density at radius 3 is 2.85 bits per heavy atom. The van der Waals surface area contributed by atoms with Gasteiger partial charge in [0, 0.05) is 31.9 Å². The van der Waals surface area contributed by atoms with Crippen LogP contribution in [0.4, 0.5) is 0 Å². The lowest BCUT2D eigenvalue weighted by Crippen LogP contribution is -2.28. The van der Waals surface area contributed by atoms with E-state index in [9.17, 15) is 0 Å². The molecule has 0 amide bonds. The minimum atomic E-state index is 0. The number of pyridine rings is 1. The first-order valence-corrected chi connectivity index (χ1v) is 8.10. The summed E-state index contributed by atoms with van der Waals surface area (Å²) in [6.45, 7) is 4.28. The van der Waals surface area contributed by atoms with Crippen LogP contribution in [0.15, 0.2) is 41.1 Å². The van der Waals surface area contributed by atoms with Gasteiger partial charge in [-0.25, -0.2) is 0 Å². The van der Waals surface area contributed by atoms with Gasteiger partial charge in [-0.05, 0) is 25.2 Å². The summed E-state index contributed by atoms with van der Waals surface area (Å²) in [5, 5.41) is 12.1. The molecule has 1 N–H and O–H groups in total. The largest absolute Gasteiger partial charge is 0.359 e. The number of hydrogen-bond donors (Lipinski definition) is 1. The highest BCUT2D eigenvalue weighted by molar-refractivity contribution is 5.85. The number of halogens is 2. The molecule has 0 fully saturated rings. The molecular weight excluding hydrogens is 375 g/mol. The van der Waals surface area contributed by atoms with Gasteiger partial charge in [0.25, 0.3) is 0 Å². The van der Waals surface area contributed by atoms with Gasteiger partial charge in [-0.15, -0.1) is 24.8 Å². The summed E-state index contributed by atoms with van der Waals surface area (Å²) in [7, 11) is 2.06. The Kier molecular flexibility index (Phi) is 7.16. The lowest BCUT2D eigenvalue weighted by molar-refractivity contribution is 0.264. The van der Waals surface area contributed by atoms with Gasteiger partial charge >= 0.3 is 0 Å². The van der Waals surface area contributed by atoms with Crippen molar-refractivity contribution in [1.29, 1.82) is 0 Å². The predicted molar refractivity (Wildman–Crippen MR) is 103 cm³/mol. The van der Waals surface area contributed by atoms with Gasteiger partial charge in [0.05, 0.1) is 30.2 Å². The number of fused-ring (bicyclic) bond motifs is 1. The van der Waals surface area contributed by atoms with Gasteiger partial charge in [0.15, 0.2) is 5.76 Å². The molecule has 26 heavy (non-hydrogen) atoms. The van der Waals surface area contributed by atoms with E-state index in [1.165, 1.54) is 5.69 Å². The van der Waals surface area contributed by atoms with Crippen molar-refractivity contribution in [2.45, 2.75) is 26.2 Å². The zero-order chi connectivity index (χ0) is 16.4. The van der Waals surface area contributed by atoms with Crippen LogP contribution in [0.1, 0.15) is 17.1 Å². The topological polar surface area (TPSA) is 72.0 Å². The minimum Gasteiger partial charge on any atom is -0.359 e. The number of nitrogens with one attached hydrogen (secondary N) is 1. The maximum atomic E-state index is 5.44. The molecule has 0 radical (unpaired) electrons. The van der Waals surface area contributed by atoms with Gasteiger partial charge < -0.3 is 9.84 Å². The van der Waals surface area contributed by atoms with Crippen LogP contribution in [0.5, 0.6) is 0 Å². The Bertz CT molecular complexity index is 796. The lowest BCUT2D eigenvalue weighted by atomic mass is 10.2. The molecule has 9 heteroatoms. The third-order valence-electron chi connectivity index (χ3n) is 4.06. The number of aromatic nitrogens is 4. The van der Waals surface area contributed by atoms with E-state index >= 15 is 0 Å². The second kappa shape index (κ2) is 9.14. The fraction of sp³-hybridized carbons (Fsp3) is 0.353. The molecule has 1 aliphatic rings. The monoisotopic (exact) mass is 396 g/mol. The second-order valence-electron chi connectivity index (χ2n) is 6.09. The SMILES string of the molecule is CN(Cc1cc2n(n1)CCNC2)Cc1cc(-c2ccccn2)no1.Cl.Cl. The molecule has 1 aliphatic heterocycles. The Balaban J connectivity index is 0.00000121. The van der Waals surface area contributed by atoms with Crippen LogP contribution in [0, 0.1) is 0 Å². The van der Waals surface area contributed by atoms with Gasteiger partial charge in [-0.1, -0.05) is 11.2 Å². The third kappa shape index (κ3) is 4.62. The fourth-order valence-electron chi connectivity index (χ4n) is 2.95. The van der Waals surface area contributed by atoms with Crippen molar-refractivity contribution in [3.05, 3.63) is 53.7 Å². The van der Waals surface area contributed by atoms with E-state index in [4.69, 9.17) is 4.52 Å². The predicted octanol–water partition coefficient (Wildman–Crippen LogP) is 2.51. The molecular formula is C17H22Cl2N6O. The van der Waals surface area contributed by atoms with E-state index in [1.807, 2.05) is 24.3 Å². The highest BCUT2D eigenvalue weighted by Crippen LogP contribution is 2.18. The van der Waals surface area contributed by atoms with Crippen molar-refractivity contribution in [2.24, 2.45) is 0 Å². The summed E-state index contributed by atoms with van der Waals surface area (Å²) in [6.07, 6.45) is 1.76. The molecule has 0 spiro atoms. The molecule has 0 aliphatic carbocycles. The van der Waals surface area contributed by atoms with Gasteiger partial charge in [0.2, 0.25) is 0 Å². The Hall–Kier alpha value is -1.93. The number of nitrogens with zero attached hydrogens (tertiary/aromatic N) is 5. The van der Waals surface area contributed by atoms with E-state index in [0.29, 0.717) is 6.54 Å². The highest BCUT2D eigenvalue weighted by Gasteiger charge is 2.14. The molecule has 0 unspecified atom stereocenters. The summed E-state index contributed by atoms with van der Waals surface area (Å²) in [5.74, 6) is 0.823. The molecule has 0 saturated heterocycles. The van der Waals surface area contributed by atoms with E-state index < -0.39 is 0 Å². The van der Waals surface area contributed by atoms with Gasteiger partial charge in [-0.3, -0.25) is 14.6 Å². The highest BCUT2D eigenvalue weighted by atomic mass is 35.5. The average molecular weight is 397 g/mol. The van der Waals surface area contributed by atoms with Gasteiger partial charge in [0.1, 0.15) is 5.69 Å². The molecule has 3 aromatic rings. The van der Waals surface area contributed by atoms with Crippen LogP contribution in [-0.2, 0) is 26.2 Å². The second-order valence-corrected chi connectivity index (χ2v) is 6.09. The minimum absolute atomic E-state index is 0. The number of hydrogen-bond acceptors (Lipinski definition) is 6. The smallest absolute Gasteiger partial charge is 0.151 e. The lowest BCUT2D eigenvalue weighted by Gasteiger charge is -2.14. The van der Waals surface area contributed by atoms with Crippen LogP contribution >= 0.6 is 24.8 Å². The average Bonchev–Trinajstić information content (AvgIpc) is 3.21. The molecule has 0 aromatic carbocycles. The van der Waals surface area contributed by atoms with Crippen molar-refractivity contribution in [3.8, 4) is 11.4 Å². The standard InChI is InChI=1S/C17H20N6O.2ClH/c1-22(11-13-8-14-10-18-6-7-23(14)20-13)12-15-9-17(21-24-15)16-4-2-3-5-19-16;;/h2-5,8-9,18H,6-7,10-12H2,1H3;2*1H. The zero-order valence-corrected chi connectivity index (χ0v) is 16.1. The summed E-state index contributed by atoms with van der Waals surface area (Å²) in [6, 6.07) is 9.87. The zero-order valence-electron chi connectivity index (χ0n) is 14.5. The van der Waals surface area contributed by atoms with Crippen LogP contribution in [0.25, 0.3) is 11.4 Å². The molecule has 4 heterocycles. The van der Waals surface area contributed by atoms with Crippen molar-refractivity contribution in [3.63, 3.8) is 0 Å². The molecule has 7 nitrogen and oxygen atoms in total. The fourth-order valence-corrected chi connectivity index (χ4v) is 2.95. The third-order valence-corrected chi connectivity index (χ3v) is 4.06. The molecule has 0 saturated carbocycles. The van der Waals surface area contributed by atoms with E-state index in [-0.39, 0.29) is 24.8 Å². The summed E-state index contributed by atoms with van der Waals surface area (Å²) in [5.41, 5.74) is 3.93. The Labute approximate surface area is 164 Å². The Morgan fingerprint density at radius 1 is 1.19 bits per heavy atom. The molecule has 0 bridgehead atoms. The van der Waals surface area contributed by atoms with Crippen molar-refractivity contribution >= 4 is 24.8 Å². The van der Waals surface area contributed by atoms with Crippen molar-refractivity contribution in [2.75, 3.05) is 13.6 Å². The molecule has 0 atom stereocenters. The van der Waals surface area contributed by atoms with Crippen LogP contribution in [0.2, 0.25) is 0 Å². The van der Waals surface area contributed by atoms with Crippen LogP contribution in [-0.4, -0.2) is 38.4 Å².